The average Bonchev–Trinajstić information content (AvgIpc) is 3.89. The van der Waals surface area contributed by atoms with Crippen LogP contribution in [-0.4, -0.2) is 9.13 Å². The minimum atomic E-state index is -4.64. The molecule has 0 bridgehead atoms. The quantitative estimate of drug-likeness (QED) is 0.157. The van der Waals surface area contributed by atoms with E-state index < -0.39 is 11.7 Å². The van der Waals surface area contributed by atoms with Crippen molar-refractivity contribution in [1.82, 2.24) is 9.13 Å². The first-order chi connectivity index (χ1) is 34.9. The third-order valence-electron chi connectivity index (χ3n) is 14.6. The molecule has 12 aromatic rings. The highest BCUT2D eigenvalue weighted by molar-refractivity contribution is 6.14. The smallest absolute Gasteiger partial charge is 0.309 e. The first kappa shape index (κ1) is 44.3. The lowest BCUT2D eigenvalue weighted by Crippen LogP contribution is -2.08. The molecule has 0 N–H and O–H groups in total. The van der Waals surface area contributed by atoms with E-state index in [2.05, 4.69) is 164 Å². The number of nitrogens with zero attached hydrogens (tertiary/aromatic N) is 3. The molecule has 346 valence electrons. The van der Waals surface area contributed by atoms with Crippen LogP contribution in [0, 0.1) is 39.0 Å². The van der Waals surface area contributed by atoms with Crippen molar-refractivity contribution < 1.29 is 13.2 Å². The monoisotopic (exact) mass is 937 g/mol. The molecule has 2 heterocycles. The molecule has 0 atom stereocenters. The van der Waals surface area contributed by atoms with Crippen molar-refractivity contribution in [3.63, 3.8) is 0 Å². The second kappa shape index (κ2) is 17.2. The van der Waals surface area contributed by atoms with Crippen LogP contribution in [-0.2, 0) is 6.18 Å². The fourth-order valence-corrected chi connectivity index (χ4v) is 11.0. The van der Waals surface area contributed by atoms with Crippen LogP contribution >= 0.6 is 0 Å². The van der Waals surface area contributed by atoms with E-state index >= 15 is 13.2 Å². The van der Waals surface area contributed by atoms with Gasteiger partial charge in [-0.1, -0.05) is 127 Å². The van der Waals surface area contributed by atoms with E-state index in [0.29, 0.717) is 28.1 Å². The standard InChI is InChI=1S/C66H46F3N3/c1-40-13-5-9-17-50(40)45-22-28-60-55(34-45)56-35-46(51-18-10-6-14-41(51)2)23-29-61(56)71(60)64-32-26-49(66(67,68)69)38-59(64)54-27-21-44(39-70)33-65(54)72-62-30-24-47(52-19-11-7-15-42(52)3)36-57(62)58-37-48(25-31-63(58)72)53-20-12-8-16-43(53)4/h5-38H,1-4H3. The van der Waals surface area contributed by atoms with E-state index in [1.807, 2.05) is 60.7 Å². The lowest BCUT2D eigenvalue weighted by molar-refractivity contribution is -0.137. The van der Waals surface area contributed by atoms with Gasteiger partial charge in [0.2, 0.25) is 0 Å². The zero-order valence-electron chi connectivity index (χ0n) is 40.1. The van der Waals surface area contributed by atoms with E-state index in [9.17, 15) is 5.26 Å². The van der Waals surface area contributed by atoms with E-state index in [1.54, 1.807) is 12.1 Å². The Labute approximate surface area is 415 Å². The van der Waals surface area contributed by atoms with Gasteiger partial charge in [0.15, 0.2) is 0 Å². The Morgan fingerprint density at radius 1 is 0.347 bits per heavy atom. The van der Waals surface area contributed by atoms with Gasteiger partial charge < -0.3 is 9.13 Å². The molecule has 2 aromatic heterocycles. The number of aromatic nitrogens is 2. The van der Waals surface area contributed by atoms with Crippen molar-refractivity contribution in [2.45, 2.75) is 33.9 Å². The van der Waals surface area contributed by atoms with Crippen LogP contribution in [0.15, 0.2) is 206 Å². The van der Waals surface area contributed by atoms with Gasteiger partial charge >= 0.3 is 6.18 Å². The van der Waals surface area contributed by atoms with Gasteiger partial charge in [0.1, 0.15) is 0 Å². The number of halogens is 3. The van der Waals surface area contributed by atoms with Gasteiger partial charge in [-0.25, -0.2) is 0 Å². The van der Waals surface area contributed by atoms with Crippen LogP contribution in [0.2, 0.25) is 0 Å². The van der Waals surface area contributed by atoms with E-state index in [1.165, 1.54) is 12.1 Å². The summed E-state index contributed by atoms with van der Waals surface area (Å²) in [5.41, 5.74) is 18.3. The summed E-state index contributed by atoms with van der Waals surface area (Å²) < 4.78 is 49.9. The number of rotatable bonds is 7. The third-order valence-corrected chi connectivity index (χ3v) is 14.6. The fraction of sp³-hybridized carbons (Fsp3) is 0.0758. The minimum absolute atomic E-state index is 0.372. The van der Waals surface area contributed by atoms with Crippen molar-refractivity contribution in [3.8, 4) is 73.1 Å². The summed E-state index contributed by atoms with van der Waals surface area (Å²) in [6.45, 7) is 8.42. The van der Waals surface area contributed by atoms with Gasteiger partial charge in [-0.15, -0.1) is 0 Å². The lowest BCUT2D eigenvalue weighted by Gasteiger charge is -2.20. The summed E-state index contributed by atoms with van der Waals surface area (Å²) in [6, 6.07) is 70.7. The average molecular weight is 938 g/mol. The Morgan fingerprint density at radius 2 is 0.708 bits per heavy atom. The topological polar surface area (TPSA) is 33.6 Å². The molecule has 0 aliphatic rings. The largest absolute Gasteiger partial charge is 0.416 e. The van der Waals surface area contributed by atoms with Crippen LogP contribution in [0.4, 0.5) is 13.2 Å². The second-order valence-electron chi connectivity index (χ2n) is 18.9. The maximum absolute atomic E-state index is 15.2. The summed E-state index contributed by atoms with van der Waals surface area (Å²) in [7, 11) is 0. The second-order valence-corrected chi connectivity index (χ2v) is 18.9. The molecule has 0 saturated heterocycles. The number of benzene rings is 10. The number of hydrogen-bond donors (Lipinski definition) is 0. The predicted molar refractivity (Wildman–Crippen MR) is 291 cm³/mol. The number of aryl methyl sites for hydroxylation is 4. The molecule has 0 spiro atoms. The van der Waals surface area contributed by atoms with Crippen LogP contribution in [0.1, 0.15) is 33.4 Å². The van der Waals surface area contributed by atoms with Crippen LogP contribution in [0.25, 0.3) is 111 Å². The Bertz CT molecular complexity index is 4010. The van der Waals surface area contributed by atoms with Gasteiger partial charge in [-0.05, 0) is 173 Å². The van der Waals surface area contributed by atoms with Gasteiger partial charge in [-0.3, -0.25) is 0 Å². The number of alkyl halides is 3. The molecule has 0 aliphatic heterocycles. The lowest BCUT2D eigenvalue weighted by atomic mass is 9.96. The molecular weight excluding hydrogens is 892 g/mol. The van der Waals surface area contributed by atoms with Gasteiger partial charge in [0.05, 0.1) is 50.6 Å². The molecular formula is C66H46F3N3. The van der Waals surface area contributed by atoms with Crippen LogP contribution < -0.4 is 0 Å². The Balaban J connectivity index is 1.16. The molecule has 3 nitrogen and oxygen atoms in total. The van der Waals surface area contributed by atoms with Crippen molar-refractivity contribution in [1.29, 1.82) is 5.26 Å². The Hall–Kier alpha value is -8.92. The molecule has 10 aromatic carbocycles. The van der Waals surface area contributed by atoms with Crippen LogP contribution in [0.3, 0.4) is 0 Å². The Morgan fingerprint density at radius 3 is 1.06 bits per heavy atom. The van der Waals surface area contributed by atoms with Crippen molar-refractivity contribution in [2.75, 3.05) is 0 Å². The zero-order valence-corrected chi connectivity index (χ0v) is 40.1. The minimum Gasteiger partial charge on any atom is -0.309 e. The maximum atomic E-state index is 15.2. The fourth-order valence-electron chi connectivity index (χ4n) is 11.0. The zero-order chi connectivity index (χ0) is 49.4. The summed E-state index contributed by atoms with van der Waals surface area (Å²) in [5.74, 6) is 0. The van der Waals surface area contributed by atoms with Gasteiger partial charge in [0.25, 0.3) is 0 Å². The number of hydrogen-bond acceptors (Lipinski definition) is 1. The summed E-state index contributed by atoms with van der Waals surface area (Å²) in [6.07, 6.45) is -4.64. The summed E-state index contributed by atoms with van der Waals surface area (Å²) in [5, 5.41) is 14.5. The molecule has 0 saturated carbocycles. The van der Waals surface area contributed by atoms with Crippen LogP contribution in [0.5, 0.6) is 0 Å². The van der Waals surface area contributed by atoms with Crippen molar-refractivity contribution in [2.24, 2.45) is 0 Å². The van der Waals surface area contributed by atoms with E-state index in [0.717, 1.165) is 110 Å². The van der Waals surface area contributed by atoms with Crippen molar-refractivity contribution >= 4 is 43.6 Å². The highest BCUT2D eigenvalue weighted by atomic mass is 19.4. The van der Waals surface area contributed by atoms with Gasteiger partial charge in [-0.2, -0.15) is 18.4 Å². The van der Waals surface area contributed by atoms with Gasteiger partial charge in [0, 0.05) is 32.7 Å². The molecule has 0 unspecified atom stereocenters. The highest BCUT2D eigenvalue weighted by Gasteiger charge is 2.32. The summed E-state index contributed by atoms with van der Waals surface area (Å²) in [4.78, 5) is 0. The first-order valence-electron chi connectivity index (χ1n) is 24.1. The maximum Gasteiger partial charge on any atom is 0.416 e. The number of nitriles is 1. The molecule has 0 radical (unpaired) electrons. The molecule has 72 heavy (non-hydrogen) atoms. The van der Waals surface area contributed by atoms with E-state index in [-0.39, 0.29) is 0 Å². The predicted octanol–water partition coefficient (Wildman–Crippen LogP) is 18.3. The first-order valence-corrected chi connectivity index (χ1v) is 24.1. The Kier molecular flexibility index (Phi) is 10.6. The third kappa shape index (κ3) is 7.36. The number of fused-ring (bicyclic) bond motifs is 6. The molecule has 0 fully saturated rings. The van der Waals surface area contributed by atoms with Crippen molar-refractivity contribution in [3.05, 3.63) is 240 Å². The van der Waals surface area contributed by atoms with E-state index in [4.69, 9.17) is 0 Å². The molecule has 0 amide bonds. The normalized spacial score (nSPS) is 11.8. The summed E-state index contributed by atoms with van der Waals surface area (Å²) >= 11 is 0. The molecule has 6 heteroatoms. The SMILES string of the molecule is Cc1ccccc1-c1ccc2c(c1)c1cc(-c3ccccc3C)ccc1n2-c1ccc(C(F)(F)F)cc1-c1ccc(C#N)cc1-n1c2ccc(-c3ccccc3C)cc2c2cc(-c3ccccc3C)ccc21. The molecule has 0 aliphatic carbocycles. The highest BCUT2D eigenvalue weighted by Crippen LogP contribution is 2.46. The molecule has 12 rings (SSSR count).